The van der Waals surface area contributed by atoms with Gasteiger partial charge in [-0.3, -0.25) is 4.79 Å². The van der Waals surface area contributed by atoms with Crippen molar-refractivity contribution in [2.75, 3.05) is 27.2 Å². The summed E-state index contributed by atoms with van der Waals surface area (Å²) in [6, 6.07) is 0. The molecule has 0 unspecified atom stereocenters. The van der Waals surface area contributed by atoms with Crippen LogP contribution in [0.15, 0.2) is 5.16 Å². The number of carbonyl (C=O) groups is 1. The quantitative estimate of drug-likeness (QED) is 0.273. The number of nitrogens with zero attached hydrogens (tertiary/aromatic N) is 2. The van der Waals surface area contributed by atoms with Crippen molar-refractivity contribution in [3.63, 3.8) is 0 Å². The molecular formula is C8H17N3O2. The third-order valence-corrected chi connectivity index (χ3v) is 1.55. The van der Waals surface area contributed by atoms with Crippen LogP contribution in [0.4, 0.5) is 0 Å². The van der Waals surface area contributed by atoms with E-state index in [0.717, 1.165) is 13.0 Å². The highest BCUT2D eigenvalue weighted by atomic mass is 16.4. The molecule has 0 atom stereocenters. The summed E-state index contributed by atoms with van der Waals surface area (Å²) in [5, 5.41) is 13.7. The lowest BCUT2D eigenvalue weighted by Gasteiger charge is -2.09. The van der Waals surface area contributed by atoms with Crippen LogP contribution in [0.25, 0.3) is 0 Å². The van der Waals surface area contributed by atoms with Gasteiger partial charge in [0.15, 0.2) is 0 Å². The minimum atomic E-state index is -0.318. The van der Waals surface area contributed by atoms with Crippen LogP contribution in [0.3, 0.4) is 0 Å². The zero-order valence-electron chi connectivity index (χ0n) is 8.37. The van der Waals surface area contributed by atoms with Gasteiger partial charge in [-0.25, -0.2) is 0 Å². The second-order valence-corrected chi connectivity index (χ2v) is 3.10. The number of carbonyl (C=O) groups excluding carboxylic acids is 1. The van der Waals surface area contributed by atoms with E-state index in [2.05, 4.69) is 10.5 Å². The largest absolute Gasteiger partial charge is 0.410 e. The van der Waals surface area contributed by atoms with Gasteiger partial charge in [-0.1, -0.05) is 5.16 Å². The number of rotatable bonds is 5. The number of nitrogens with one attached hydrogen (secondary N) is 1. The van der Waals surface area contributed by atoms with Crippen LogP contribution in [-0.2, 0) is 4.79 Å². The van der Waals surface area contributed by atoms with Gasteiger partial charge in [0.05, 0.1) is 0 Å². The molecule has 0 aliphatic carbocycles. The van der Waals surface area contributed by atoms with E-state index in [1.54, 1.807) is 0 Å². The number of hydrogen-bond acceptors (Lipinski definition) is 4. The predicted octanol–water partition coefficient (Wildman–Crippen LogP) is -0.0956. The molecule has 0 aliphatic rings. The van der Waals surface area contributed by atoms with E-state index in [1.807, 2.05) is 19.0 Å². The van der Waals surface area contributed by atoms with Gasteiger partial charge in [0, 0.05) is 6.54 Å². The van der Waals surface area contributed by atoms with Crippen LogP contribution in [0.1, 0.15) is 13.3 Å². The minimum absolute atomic E-state index is 0.0878. The van der Waals surface area contributed by atoms with Crippen LogP contribution >= 0.6 is 0 Å². The zero-order chi connectivity index (χ0) is 10.3. The third-order valence-electron chi connectivity index (χ3n) is 1.55. The smallest absolute Gasteiger partial charge is 0.268 e. The van der Waals surface area contributed by atoms with Crippen LogP contribution in [-0.4, -0.2) is 48.9 Å². The summed E-state index contributed by atoms with van der Waals surface area (Å²) in [6.07, 6.45) is 0.886. The molecule has 0 aliphatic heterocycles. The van der Waals surface area contributed by atoms with Gasteiger partial charge in [0.2, 0.25) is 0 Å². The van der Waals surface area contributed by atoms with Gasteiger partial charge in [-0.2, -0.15) is 0 Å². The summed E-state index contributed by atoms with van der Waals surface area (Å²) < 4.78 is 0. The van der Waals surface area contributed by atoms with E-state index >= 15 is 0 Å². The topological polar surface area (TPSA) is 64.9 Å². The Labute approximate surface area is 78.4 Å². The standard InChI is InChI=1S/C8H17N3O2/c1-7(10-13)8(12)9-5-4-6-11(2)3/h13H,4-6H2,1-3H3,(H,9,12). The van der Waals surface area contributed by atoms with Crippen LogP contribution in [0.5, 0.6) is 0 Å². The first kappa shape index (κ1) is 11.9. The predicted molar refractivity (Wildman–Crippen MR) is 51.1 cm³/mol. The third kappa shape index (κ3) is 6.10. The van der Waals surface area contributed by atoms with Crippen LogP contribution in [0.2, 0.25) is 0 Å². The Balaban J connectivity index is 3.49. The van der Waals surface area contributed by atoms with Crippen molar-refractivity contribution in [3.8, 4) is 0 Å². The lowest BCUT2D eigenvalue weighted by molar-refractivity contribution is -0.115. The first-order valence-corrected chi connectivity index (χ1v) is 4.19. The average molecular weight is 187 g/mol. The van der Waals surface area contributed by atoms with Crippen molar-refractivity contribution < 1.29 is 10.0 Å². The highest BCUT2D eigenvalue weighted by molar-refractivity contribution is 6.37. The molecule has 0 saturated heterocycles. The van der Waals surface area contributed by atoms with Crippen molar-refractivity contribution in [1.29, 1.82) is 0 Å². The lowest BCUT2D eigenvalue weighted by Crippen LogP contribution is -2.31. The number of amides is 1. The summed E-state index contributed by atoms with van der Waals surface area (Å²) in [6.45, 7) is 2.99. The Morgan fingerprint density at radius 3 is 2.62 bits per heavy atom. The van der Waals surface area contributed by atoms with Gasteiger partial charge in [-0.15, -0.1) is 0 Å². The van der Waals surface area contributed by atoms with Gasteiger partial charge in [0.1, 0.15) is 5.71 Å². The van der Waals surface area contributed by atoms with Crippen LogP contribution < -0.4 is 5.32 Å². The molecule has 0 heterocycles. The molecule has 1 amide bonds. The molecule has 2 N–H and O–H groups in total. The second-order valence-electron chi connectivity index (χ2n) is 3.10. The fourth-order valence-corrected chi connectivity index (χ4v) is 0.771. The first-order valence-electron chi connectivity index (χ1n) is 4.19. The summed E-state index contributed by atoms with van der Waals surface area (Å²) in [7, 11) is 3.95. The van der Waals surface area contributed by atoms with Crippen LogP contribution in [0, 0.1) is 0 Å². The summed E-state index contributed by atoms with van der Waals surface area (Å²) in [5.74, 6) is -0.318. The van der Waals surface area contributed by atoms with Crippen molar-refractivity contribution >= 4 is 11.6 Å². The van der Waals surface area contributed by atoms with E-state index < -0.39 is 0 Å². The Morgan fingerprint density at radius 1 is 1.54 bits per heavy atom. The SMILES string of the molecule is CC(=NO)C(=O)NCCCN(C)C. The zero-order valence-corrected chi connectivity index (χ0v) is 8.37. The normalized spacial score (nSPS) is 11.8. The molecule has 0 aromatic rings. The van der Waals surface area contributed by atoms with E-state index in [-0.39, 0.29) is 11.6 Å². The molecule has 13 heavy (non-hydrogen) atoms. The van der Waals surface area contributed by atoms with E-state index in [9.17, 15) is 4.79 Å². The molecule has 0 aromatic carbocycles. The molecular weight excluding hydrogens is 170 g/mol. The average Bonchev–Trinajstić information content (AvgIpc) is 2.10. The maximum atomic E-state index is 11.0. The molecule has 0 rings (SSSR count). The Kier molecular flexibility index (Phi) is 5.88. The first-order chi connectivity index (χ1) is 6.07. The maximum Gasteiger partial charge on any atom is 0.268 e. The summed E-state index contributed by atoms with van der Waals surface area (Å²) in [5.41, 5.74) is 0.0878. The molecule has 0 saturated carbocycles. The van der Waals surface area contributed by atoms with Crippen molar-refractivity contribution in [2.24, 2.45) is 5.16 Å². The molecule has 0 fully saturated rings. The van der Waals surface area contributed by atoms with Gasteiger partial charge in [0.25, 0.3) is 5.91 Å². The second kappa shape index (κ2) is 6.42. The highest BCUT2D eigenvalue weighted by Crippen LogP contribution is 1.82. The molecule has 76 valence electrons. The fourth-order valence-electron chi connectivity index (χ4n) is 0.771. The molecule has 0 aromatic heterocycles. The molecule has 0 radical (unpaired) electrons. The van der Waals surface area contributed by atoms with E-state index in [0.29, 0.717) is 6.54 Å². The maximum absolute atomic E-state index is 11.0. The summed E-state index contributed by atoms with van der Waals surface area (Å²) >= 11 is 0. The molecule has 0 spiro atoms. The minimum Gasteiger partial charge on any atom is -0.410 e. The van der Waals surface area contributed by atoms with Crippen molar-refractivity contribution in [2.45, 2.75) is 13.3 Å². The van der Waals surface area contributed by atoms with Gasteiger partial charge < -0.3 is 15.4 Å². The Morgan fingerprint density at radius 2 is 2.15 bits per heavy atom. The molecule has 5 nitrogen and oxygen atoms in total. The molecule has 0 bridgehead atoms. The number of hydrogen-bond donors (Lipinski definition) is 2. The Bertz CT molecular complexity index is 190. The van der Waals surface area contributed by atoms with Crippen molar-refractivity contribution in [1.82, 2.24) is 10.2 Å². The fraction of sp³-hybridized carbons (Fsp3) is 0.750. The lowest BCUT2D eigenvalue weighted by atomic mass is 10.3. The highest BCUT2D eigenvalue weighted by Gasteiger charge is 2.04. The number of oxime groups is 1. The monoisotopic (exact) mass is 187 g/mol. The van der Waals surface area contributed by atoms with Crippen molar-refractivity contribution in [3.05, 3.63) is 0 Å². The summed E-state index contributed by atoms with van der Waals surface area (Å²) in [4.78, 5) is 13.0. The molecule has 5 heteroatoms. The van der Waals surface area contributed by atoms with Gasteiger partial charge in [-0.05, 0) is 34.0 Å². The van der Waals surface area contributed by atoms with E-state index in [4.69, 9.17) is 5.21 Å². The van der Waals surface area contributed by atoms with E-state index in [1.165, 1.54) is 6.92 Å². The van der Waals surface area contributed by atoms with Gasteiger partial charge >= 0.3 is 0 Å². The Hall–Kier alpha value is -1.10.